The Bertz CT molecular complexity index is 3340. The van der Waals surface area contributed by atoms with Crippen molar-refractivity contribution in [1.82, 2.24) is 63.0 Å². The van der Waals surface area contributed by atoms with Crippen molar-refractivity contribution in [2.45, 2.75) is 247 Å². The summed E-state index contributed by atoms with van der Waals surface area (Å²) in [4.78, 5) is 251. The second kappa shape index (κ2) is 48.2. The number of carboxylic acids is 3. The average Bonchev–Trinajstić information content (AvgIpc) is 1.75. The lowest BCUT2D eigenvalue weighted by Crippen LogP contribution is -2.69. The van der Waals surface area contributed by atoms with Crippen molar-refractivity contribution in [3.63, 3.8) is 0 Å². The molecule has 43 heteroatoms. The molecule has 2 heterocycles. The monoisotopic (exact) mass is 1620 g/mol. The van der Waals surface area contributed by atoms with E-state index in [1.165, 1.54) is 11.8 Å². The number of primary amides is 1. The molecule has 29 N–H and O–H groups in total. The Morgan fingerprint density at radius 1 is 0.523 bits per heavy atom. The zero-order valence-electron chi connectivity index (χ0n) is 63.4. The lowest BCUT2D eigenvalue weighted by atomic mass is 10.0. The SMILES string of the molecule is CSCC[C@H](NC(=O)[C@H](CCCC[NH3+])NC(=O)[C@@H]([NH3+])CCCC[NH3+])C(=O)N[C@H](C(=O)N[C@@H](Cc1ccccc1)C(=O)N[C@@H](CCC(N)=O)C(=O)N[C@H](C(=O)N1CCC[C@H]1C(=O)N[C@H](C(=O)N[C@@H](CC(=O)O)C(=O)N1CCC[C@H]1C(=O)N[C@@H](CC(C)C)C(=O)N[C@@H](CCC(=O)O)C(=O)O)[C@@H](C)O)[C@@H](C)O[P+](O)(O)O)[C@@H](C)O. The maximum Gasteiger partial charge on any atom is 0.567 e. The molecular weight excluding hydrogens is 1500 g/mol. The summed E-state index contributed by atoms with van der Waals surface area (Å²) in [5.41, 5.74) is 17.5. The molecule has 0 aromatic heterocycles. The van der Waals surface area contributed by atoms with Crippen LogP contribution in [-0.2, 0) is 87.7 Å². The van der Waals surface area contributed by atoms with Crippen molar-refractivity contribution in [1.29, 1.82) is 0 Å². The maximum absolute atomic E-state index is 14.9. The van der Waals surface area contributed by atoms with Gasteiger partial charge in [-0.15, -0.1) is 4.52 Å². The Morgan fingerprint density at radius 3 is 1.48 bits per heavy atom. The van der Waals surface area contributed by atoms with Crippen LogP contribution in [-0.4, -0.2) is 280 Å². The van der Waals surface area contributed by atoms with E-state index < -0.39 is 232 Å². The topological polar surface area (TPSA) is 680 Å². The van der Waals surface area contributed by atoms with Crippen LogP contribution in [0.2, 0.25) is 0 Å². The molecule has 41 nitrogen and oxygen atoms in total. The van der Waals surface area contributed by atoms with Crippen molar-refractivity contribution < 1.29 is 139 Å². The second-order valence-corrected chi connectivity index (χ2v) is 30.2. The fourth-order valence-electron chi connectivity index (χ4n) is 12.3. The molecule has 0 bridgehead atoms. The Balaban J connectivity index is 1.96. The molecule has 0 radical (unpaired) electrons. The fourth-order valence-corrected chi connectivity index (χ4v) is 13.4. The smallest absolute Gasteiger partial charge is 0.481 e. The van der Waals surface area contributed by atoms with Gasteiger partial charge >= 0.3 is 26.1 Å². The van der Waals surface area contributed by atoms with Crippen LogP contribution in [0.1, 0.15) is 149 Å². The third kappa shape index (κ3) is 33.6. The van der Waals surface area contributed by atoms with Crippen LogP contribution >= 0.6 is 19.9 Å². The van der Waals surface area contributed by atoms with Crippen LogP contribution in [0.5, 0.6) is 0 Å². The van der Waals surface area contributed by atoms with Gasteiger partial charge < -0.3 is 111 Å². The number of benzene rings is 1. The molecule has 1 aromatic carbocycles. The largest absolute Gasteiger partial charge is 0.567 e. The van der Waals surface area contributed by atoms with Gasteiger partial charge in [0, 0.05) is 38.8 Å². The van der Waals surface area contributed by atoms with Crippen molar-refractivity contribution >= 4 is 115 Å². The van der Waals surface area contributed by atoms with Crippen molar-refractivity contribution in [3.8, 4) is 0 Å². The zero-order chi connectivity index (χ0) is 83.6. The molecule has 2 aliphatic rings. The third-order valence-electron chi connectivity index (χ3n) is 18.3. The number of hydrogen-bond donors (Lipinski definition) is 22. The number of hydrogen-bond acceptors (Lipinski definition) is 23. The molecular formula is C68H115N16O25PS+4. The van der Waals surface area contributed by atoms with Crippen LogP contribution in [0.15, 0.2) is 30.3 Å². The number of nitrogens with zero attached hydrogens (tertiary/aromatic N) is 2. The van der Waals surface area contributed by atoms with Gasteiger partial charge in [-0.2, -0.15) is 26.4 Å². The molecule has 0 unspecified atom stereocenters. The number of nitrogens with two attached hydrogens (primary N) is 1. The van der Waals surface area contributed by atoms with E-state index >= 15 is 0 Å². The minimum absolute atomic E-state index is 0.0000240. The number of rotatable bonds is 51. The van der Waals surface area contributed by atoms with E-state index in [0.717, 1.165) is 37.0 Å². The zero-order valence-corrected chi connectivity index (χ0v) is 65.1. The van der Waals surface area contributed by atoms with Gasteiger partial charge in [-0.1, -0.05) is 44.2 Å². The number of aliphatic hydroxyl groups is 2. The highest BCUT2D eigenvalue weighted by molar-refractivity contribution is 7.98. The molecule has 624 valence electrons. The minimum atomic E-state index is -5.34. The molecule has 2 saturated heterocycles. The number of amides is 13. The molecule has 0 spiro atoms. The average molecular weight is 1620 g/mol. The highest BCUT2D eigenvalue weighted by Gasteiger charge is 2.48. The normalized spacial score (nSPS) is 18.0. The van der Waals surface area contributed by atoms with E-state index in [2.05, 4.69) is 70.4 Å². The summed E-state index contributed by atoms with van der Waals surface area (Å²) in [6.07, 6.45) is -4.70. The van der Waals surface area contributed by atoms with Gasteiger partial charge in [-0.25, -0.2) is 4.79 Å². The number of nitrogens with one attached hydrogen (secondary N) is 10. The number of thioether (sulfide) groups is 1. The van der Waals surface area contributed by atoms with Crippen molar-refractivity contribution in [2.75, 3.05) is 38.2 Å². The predicted molar refractivity (Wildman–Crippen MR) is 394 cm³/mol. The van der Waals surface area contributed by atoms with Gasteiger partial charge in [-0.05, 0) is 128 Å². The molecule has 2 fully saturated rings. The summed E-state index contributed by atoms with van der Waals surface area (Å²) >= 11 is 1.32. The summed E-state index contributed by atoms with van der Waals surface area (Å²) in [6, 6.07) is -13.0. The van der Waals surface area contributed by atoms with E-state index in [-0.39, 0.29) is 70.4 Å². The van der Waals surface area contributed by atoms with Gasteiger partial charge in [0.25, 0.3) is 5.91 Å². The van der Waals surface area contributed by atoms with Gasteiger partial charge in [0.05, 0.1) is 31.7 Å². The summed E-state index contributed by atoms with van der Waals surface area (Å²) in [5.74, 6) is -18.2. The molecule has 0 aliphatic carbocycles. The standard InChI is InChI=1S/C68H111N16O25PS/c1-35(2)32-45(60(96)76-44(68(104)105)23-25-51(88)89)77-62(98)48-20-14-29-83(48)66(102)47(34-52(90)91)79-65(101)54(37(4)86)81-63(99)49-21-15-30-84(49)67(103)55(38(5)109-110(106,107)108)82-58(94)42(22-24-50(72)87)74-61(97)46(33-39-16-8-7-9-17-39)78-64(100)53(36(3)85)80-59(95)43(26-31-111-6)75-57(93)41(19-11-13-28-70)73-56(92)40(71)18-10-12-27-69/h7-9,16-17,35-38,40-49,53-55,85-86,106-108H,10-15,18-34,69-71H2,1-6H3,(H14-,72,73,74,75,76,77,78,79,80,81,82,87,88,89,90,91,92,93,94,95,96,97,98,99,100,101,104,105)/p+4/t36-,37-,38-,40+,41+,42+,43+,44+,45+,46+,47+,48+,49+,53+,54+,55+/m1/s1. The number of carbonyl (C=O) groups excluding carboxylic acids is 13. The van der Waals surface area contributed by atoms with E-state index in [1.54, 1.807) is 50.4 Å². The minimum Gasteiger partial charge on any atom is -0.481 e. The Hall–Kier alpha value is -8.84. The predicted octanol–water partition coefficient (Wildman–Crippen LogP) is -8.20. The highest BCUT2D eigenvalue weighted by Crippen LogP contribution is 2.47. The van der Waals surface area contributed by atoms with Gasteiger partial charge in [0.15, 0.2) is 6.04 Å². The first-order valence-corrected chi connectivity index (χ1v) is 39.8. The lowest BCUT2D eigenvalue weighted by molar-refractivity contribution is -0.406. The molecule has 3 rings (SSSR count). The van der Waals surface area contributed by atoms with Crippen LogP contribution in [0, 0.1) is 5.92 Å². The number of likely N-dealkylation sites (tertiary alicyclic amines) is 2. The van der Waals surface area contributed by atoms with Crippen LogP contribution < -0.4 is 76.1 Å². The molecule has 16 atom stereocenters. The Morgan fingerprint density at radius 2 is 0.973 bits per heavy atom. The van der Waals surface area contributed by atoms with E-state index in [9.17, 15) is 112 Å². The summed E-state index contributed by atoms with van der Waals surface area (Å²) in [6.45, 7) is 7.21. The number of unbranched alkanes of at least 4 members (excludes halogenated alkanes) is 2. The number of carbonyl (C=O) groups is 16. The molecule has 0 saturated carbocycles. The van der Waals surface area contributed by atoms with Crippen LogP contribution in [0.25, 0.3) is 0 Å². The van der Waals surface area contributed by atoms with Crippen molar-refractivity contribution in [3.05, 3.63) is 35.9 Å². The Kier molecular flexibility index (Phi) is 41.8. The molecule has 2 aliphatic heterocycles. The first-order valence-electron chi connectivity index (χ1n) is 36.8. The second-order valence-electron chi connectivity index (χ2n) is 27.9. The van der Waals surface area contributed by atoms with Gasteiger partial charge in [0.2, 0.25) is 70.9 Å². The number of aliphatic hydroxyl groups excluding tert-OH is 2. The Labute approximate surface area is 646 Å². The van der Waals surface area contributed by atoms with E-state index in [1.807, 2.05) is 0 Å². The summed E-state index contributed by atoms with van der Waals surface area (Å²) in [5, 5.41) is 75.2. The molecule has 13 amide bonds. The maximum atomic E-state index is 14.9. The highest BCUT2D eigenvalue weighted by atomic mass is 32.2. The van der Waals surface area contributed by atoms with Crippen molar-refractivity contribution in [2.24, 2.45) is 11.7 Å². The number of aliphatic carboxylic acids is 3. The number of quaternary nitrogens is 3. The van der Waals surface area contributed by atoms with Gasteiger partial charge in [-0.3, -0.25) is 71.9 Å². The molecule has 1 aromatic rings. The quantitative estimate of drug-likeness (QED) is 0.0213. The van der Waals surface area contributed by atoms with Crippen LogP contribution in [0.3, 0.4) is 0 Å². The summed E-state index contributed by atoms with van der Waals surface area (Å²) in [7, 11) is -5.34. The first-order chi connectivity index (χ1) is 52.1. The summed E-state index contributed by atoms with van der Waals surface area (Å²) < 4.78 is 4.99. The van der Waals surface area contributed by atoms with Gasteiger partial charge in [0.1, 0.15) is 78.6 Å². The van der Waals surface area contributed by atoms with E-state index in [4.69, 9.17) is 15.4 Å². The fraction of sp³-hybridized carbons (Fsp3) is 0.676. The molecule has 111 heavy (non-hydrogen) atoms. The van der Waals surface area contributed by atoms with Crippen LogP contribution in [0.4, 0.5) is 0 Å². The lowest BCUT2D eigenvalue weighted by Gasteiger charge is -2.33. The third-order valence-corrected chi connectivity index (χ3v) is 19.5. The first kappa shape index (κ1) is 96.4. The van der Waals surface area contributed by atoms with E-state index in [0.29, 0.717) is 50.1 Å². The number of carboxylic acid groups (broad SMARTS) is 3.